The van der Waals surface area contributed by atoms with E-state index in [9.17, 15) is 18.5 Å². The topological polar surface area (TPSA) is 115 Å². The summed E-state index contributed by atoms with van der Waals surface area (Å²) in [6, 6.07) is 11.8. The van der Waals surface area contributed by atoms with Gasteiger partial charge in [-0.15, -0.1) is 0 Å². The fraction of sp³-hybridized carbons (Fsp3) is 0.250. The number of hydrogen-bond acceptors (Lipinski definition) is 5. The molecule has 0 saturated heterocycles. The Balaban J connectivity index is 2.10. The molecule has 1 unspecified atom stereocenters. The minimum atomic E-state index is -3.78. The van der Waals surface area contributed by atoms with Gasteiger partial charge in [-0.05, 0) is 29.7 Å². The van der Waals surface area contributed by atoms with Crippen molar-refractivity contribution in [1.29, 1.82) is 0 Å². The number of nitrogens with zero attached hydrogens (tertiary/aromatic N) is 1. The zero-order chi connectivity index (χ0) is 17.7. The number of rotatable bonds is 7. The molecule has 0 fully saturated rings. The van der Waals surface area contributed by atoms with E-state index in [4.69, 9.17) is 5.73 Å². The Hall–Kier alpha value is -2.29. The summed E-state index contributed by atoms with van der Waals surface area (Å²) >= 11 is 0. The highest BCUT2D eigenvalue weighted by atomic mass is 32.2. The second-order valence-corrected chi connectivity index (χ2v) is 7.03. The standard InChI is InChI=1S/C16H19N3O4S/c1-2-12-5-3-4-6-15(12)16(17)11-18-24(22,23)14-9-7-13(8-10-14)19(20)21/h3-10,16,18H,2,11,17H2,1H3. The van der Waals surface area contributed by atoms with Crippen LogP contribution >= 0.6 is 0 Å². The van der Waals surface area contributed by atoms with Crippen molar-refractivity contribution in [1.82, 2.24) is 4.72 Å². The van der Waals surface area contributed by atoms with Crippen molar-refractivity contribution in [2.75, 3.05) is 6.54 Å². The molecule has 2 aromatic carbocycles. The molecule has 8 heteroatoms. The van der Waals surface area contributed by atoms with E-state index in [2.05, 4.69) is 4.72 Å². The maximum Gasteiger partial charge on any atom is 0.269 e. The Bertz CT molecular complexity index is 819. The van der Waals surface area contributed by atoms with Gasteiger partial charge in [0, 0.05) is 24.7 Å². The normalized spacial score (nSPS) is 12.8. The molecule has 24 heavy (non-hydrogen) atoms. The van der Waals surface area contributed by atoms with Gasteiger partial charge < -0.3 is 5.73 Å². The molecule has 0 aliphatic carbocycles. The third-order valence-corrected chi connectivity index (χ3v) is 5.13. The molecular formula is C16H19N3O4S. The van der Waals surface area contributed by atoms with Crippen molar-refractivity contribution < 1.29 is 13.3 Å². The summed E-state index contributed by atoms with van der Waals surface area (Å²) in [5.74, 6) is 0. The number of non-ortho nitro benzene ring substituents is 1. The van der Waals surface area contributed by atoms with Gasteiger partial charge in [-0.1, -0.05) is 31.2 Å². The first kappa shape index (κ1) is 18.1. The van der Waals surface area contributed by atoms with Crippen LogP contribution in [0.15, 0.2) is 53.4 Å². The third-order valence-electron chi connectivity index (χ3n) is 3.69. The zero-order valence-corrected chi connectivity index (χ0v) is 14.0. The lowest BCUT2D eigenvalue weighted by molar-refractivity contribution is -0.384. The molecule has 0 saturated carbocycles. The number of benzene rings is 2. The summed E-state index contributed by atoms with van der Waals surface area (Å²) in [4.78, 5) is 10.00. The monoisotopic (exact) mass is 349 g/mol. The highest BCUT2D eigenvalue weighted by Gasteiger charge is 2.18. The first-order valence-corrected chi connectivity index (χ1v) is 8.91. The highest BCUT2D eigenvalue weighted by molar-refractivity contribution is 7.89. The van der Waals surface area contributed by atoms with Crippen molar-refractivity contribution in [2.24, 2.45) is 5.73 Å². The van der Waals surface area contributed by atoms with E-state index in [0.29, 0.717) is 0 Å². The van der Waals surface area contributed by atoms with E-state index in [1.807, 2.05) is 31.2 Å². The van der Waals surface area contributed by atoms with Gasteiger partial charge in [0.05, 0.1) is 9.82 Å². The van der Waals surface area contributed by atoms with Gasteiger partial charge >= 0.3 is 0 Å². The molecule has 1 atom stereocenters. The average molecular weight is 349 g/mol. The fourth-order valence-corrected chi connectivity index (χ4v) is 3.42. The van der Waals surface area contributed by atoms with E-state index in [-0.39, 0.29) is 17.1 Å². The van der Waals surface area contributed by atoms with Crippen molar-refractivity contribution in [2.45, 2.75) is 24.3 Å². The van der Waals surface area contributed by atoms with Gasteiger partial charge in [-0.3, -0.25) is 10.1 Å². The van der Waals surface area contributed by atoms with E-state index < -0.39 is 21.0 Å². The quantitative estimate of drug-likeness (QED) is 0.587. The van der Waals surface area contributed by atoms with Gasteiger partial charge in [0.2, 0.25) is 10.0 Å². The summed E-state index contributed by atoms with van der Waals surface area (Å²) in [5.41, 5.74) is 7.90. The summed E-state index contributed by atoms with van der Waals surface area (Å²) < 4.78 is 27.0. The average Bonchev–Trinajstić information content (AvgIpc) is 2.59. The van der Waals surface area contributed by atoms with Crippen LogP contribution < -0.4 is 10.5 Å². The highest BCUT2D eigenvalue weighted by Crippen LogP contribution is 2.18. The van der Waals surface area contributed by atoms with E-state index in [1.54, 1.807) is 0 Å². The maximum absolute atomic E-state index is 12.3. The summed E-state index contributed by atoms with van der Waals surface area (Å²) in [5, 5.41) is 10.6. The van der Waals surface area contributed by atoms with E-state index in [1.165, 1.54) is 12.1 Å². The Morgan fingerprint density at radius 1 is 1.17 bits per heavy atom. The van der Waals surface area contributed by atoms with Gasteiger partial charge in [-0.25, -0.2) is 13.1 Å². The predicted molar refractivity (Wildman–Crippen MR) is 91.0 cm³/mol. The van der Waals surface area contributed by atoms with E-state index in [0.717, 1.165) is 29.7 Å². The second kappa shape index (κ2) is 7.52. The molecule has 0 aliphatic rings. The number of nitro groups is 1. The molecule has 2 rings (SSSR count). The lowest BCUT2D eigenvalue weighted by Crippen LogP contribution is -2.32. The Morgan fingerprint density at radius 3 is 2.38 bits per heavy atom. The molecule has 128 valence electrons. The minimum Gasteiger partial charge on any atom is -0.323 e. The molecule has 0 bridgehead atoms. The number of nitrogens with two attached hydrogens (primary N) is 1. The van der Waals surface area contributed by atoms with Crippen LogP contribution in [0, 0.1) is 10.1 Å². The number of aryl methyl sites for hydroxylation is 1. The molecule has 0 aliphatic heterocycles. The van der Waals surface area contributed by atoms with Crippen LogP contribution in [0.4, 0.5) is 5.69 Å². The number of nitrogens with one attached hydrogen (secondary N) is 1. The summed E-state index contributed by atoms with van der Waals surface area (Å²) in [6.45, 7) is 2.04. The minimum absolute atomic E-state index is 0.0379. The van der Waals surface area contributed by atoms with Crippen LogP contribution in [0.2, 0.25) is 0 Å². The predicted octanol–water partition coefficient (Wildman–Crippen LogP) is 2.14. The van der Waals surface area contributed by atoms with Crippen LogP contribution in [0.3, 0.4) is 0 Å². The molecule has 0 radical (unpaired) electrons. The first-order valence-electron chi connectivity index (χ1n) is 7.42. The van der Waals surface area contributed by atoms with Crippen molar-refractivity contribution in [3.8, 4) is 0 Å². The van der Waals surface area contributed by atoms with Gasteiger partial charge in [-0.2, -0.15) is 0 Å². The van der Waals surface area contributed by atoms with E-state index >= 15 is 0 Å². The molecule has 0 amide bonds. The molecule has 0 heterocycles. The van der Waals surface area contributed by atoms with Crippen LogP contribution in [0.25, 0.3) is 0 Å². The lowest BCUT2D eigenvalue weighted by Gasteiger charge is -2.16. The van der Waals surface area contributed by atoms with Crippen molar-refractivity contribution >= 4 is 15.7 Å². The first-order chi connectivity index (χ1) is 11.3. The Labute approximate surface area is 140 Å². The zero-order valence-electron chi connectivity index (χ0n) is 13.2. The number of hydrogen-bond donors (Lipinski definition) is 2. The Kier molecular flexibility index (Phi) is 5.66. The summed E-state index contributed by atoms with van der Waals surface area (Å²) in [6.07, 6.45) is 0.805. The molecule has 3 N–H and O–H groups in total. The second-order valence-electron chi connectivity index (χ2n) is 5.26. The Morgan fingerprint density at radius 2 is 1.79 bits per heavy atom. The number of nitro benzene ring substituents is 1. The lowest BCUT2D eigenvalue weighted by atomic mass is 9.99. The van der Waals surface area contributed by atoms with Crippen molar-refractivity contribution in [3.05, 3.63) is 69.8 Å². The van der Waals surface area contributed by atoms with Gasteiger partial charge in [0.15, 0.2) is 0 Å². The number of sulfonamides is 1. The third kappa shape index (κ3) is 4.16. The maximum atomic E-state index is 12.3. The summed E-state index contributed by atoms with van der Waals surface area (Å²) in [7, 11) is -3.78. The van der Waals surface area contributed by atoms with Gasteiger partial charge in [0.1, 0.15) is 0 Å². The molecular weight excluding hydrogens is 330 g/mol. The fourth-order valence-electron chi connectivity index (χ4n) is 2.36. The SMILES string of the molecule is CCc1ccccc1C(N)CNS(=O)(=O)c1ccc([N+](=O)[O-])cc1. The van der Waals surface area contributed by atoms with Gasteiger partial charge in [0.25, 0.3) is 5.69 Å². The van der Waals surface area contributed by atoms with Crippen molar-refractivity contribution in [3.63, 3.8) is 0 Å². The van der Waals surface area contributed by atoms with Crippen LogP contribution in [0.1, 0.15) is 24.1 Å². The van der Waals surface area contributed by atoms with Crippen LogP contribution in [-0.2, 0) is 16.4 Å². The largest absolute Gasteiger partial charge is 0.323 e. The molecule has 2 aromatic rings. The smallest absolute Gasteiger partial charge is 0.269 e. The molecule has 0 aromatic heterocycles. The molecule has 7 nitrogen and oxygen atoms in total. The van der Waals surface area contributed by atoms with Crippen LogP contribution in [-0.4, -0.2) is 19.9 Å². The van der Waals surface area contributed by atoms with Crippen LogP contribution in [0.5, 0.6) is 0 Å². The molecule has 0 spiro atoms.